The van der Waals surface area contributed by atoms with Crippen molar-refractivity contribution in [2.75, 3.05) is 0 Å². The normalized spacial score (nSPS) is 10.5. The van der Waals surface area contributed by atoms with Crippen molar-refractivity contribution in [2.45, 2.75) is 16.5 Å². The first kappa shape index (κ1) is 20.9. The van der Waals surface area contributed by atoms with Crippen LogP contribution in [0, 0.1) is 0 Å². The van der Waals surface area contributed by atoms with Gasteiger partial charge in [-0.25, -0.2) is 9.97 Å². The number of benzene rings is 3. The minimum Gasteiger partial charge on any atom is -0.437 e. The largest absolute Gasteiger partial charge is 0.437 e. The van der Waals surface area contributed by atoms with Crippen LogP contribution in [0.1, 0.15) is 15.9 Å². The summed E-state index contributed by atoms with van der Waals surface area (Å²) >= 11 is 7.61. The summed E-state index contributed by atoms with van der Waals surface area (Å²) in [6.07, 6.45) is 3.21. The second-order valence-electron chi connectivity index (χ2n) is 6.48. The molecule has 0 saturated carbocycles. The highest BCUT2D eigenvalue weighted by Crippen LogP contribution is 2.33. The Labute approximate surface area is 189 Å². The van der Waals surface area contributed by atoms with Crippen molar-refractivity contribution in [1.82, 2.24) is 15.3 Å². The maximum absolute atomic E-state index is 12.4. The van der Waals surface area contributed by atoms with Gasteiger partial charge in [-0.1, -0.05) is 59.8 Å². The number of ether oxygens (including phenoxy) is 1. The molecule has 0 radical (unpaired) electrons. The molecule has 0 saturated heterocycles. The van der Waals surface area contributed by atoms with Gasteiger partial charge in [0.05, 0.1) is 0 Å². The Morgan fingerprint density at radius 3 is 2.39 bits per heavy atom. The van der Waals surface area contributed by atoms with Crippen molar-refractivity contribution in [3.05, 3.63) is 107 Å². The smallest absolute Gasteiger partial charge is 0.252 e. The molecule has 7 heteroatoms. The monoisotopic (exact) mass is 447 g/mol. The van der Waals surface area contributed by atoms with E-state index in [1.165, 1.54) is 11.8 Å². The van der Waals surface area contributed by atoms with E-state index in [9.17, 15) is 4.79 Å². The molecule has 0 aliphatic heterocycles. The zero-order chi connectivity index (χ0) is 21.5. The molecule has 0 fully saturated rings. The lowest BCUT2D eigenvalue weighted by atomic mass is 10.2. The van der Waals surface area contributed by atoms with E-state index in [1.54, 1.807) is 42.7 Å². The third kappa shape index (κ3) is 5.63. The Morgan fingerprint density at radius 1 is 0.903 bits per heavy atom. The molecule has 0 atom stereocenters. The zero-order valence-corrected chi connectivity index (χ0v) is 17.9. The minimum absolute atomic E-state index is 0.189. The number of carbonyl (C=O) groups is 1. The van der Waals surface area contributed by atoms with Gasteiger partial charge in [0.15, 0.2) is 5.03 Å². The molecule has 0 aliphatic carbocycles. The van der Waals surface area contributed by atoms with Crippen molar-refractivity contribution in [3.63, 3.8) is 0 Å². The SMILES string of the molecule is O=C(NCc1ccccc1Cl)c1ccc(Oc2nccnc2Sc2ccccc2)cc1. The van der Waals surface area contributed by atoms with E-state index in [0.717, 1.165) is 10.5 Å². The fourth-order valence-electron chi connectivity index (χ4n) is 2.76. The molecule has 1 aromatic heterocycles. The Hall–Kier alpha value is -3.35. The van der Waals surface area contributed by atoms with Crippen molar-refractivity contribution in [2.24, 2.45) is 0 Å². The van der Waals surface area contributed by atoms with Gasteiger partial charge in [-0.05, 0) is 48.0 Å². The zero-order valence-electron chi connectivity index (χ0n) is 16.4. The van der Waals surface area contributed by atoms with E-state index in [4.69, 9.17) is 16.3 Å². The van der Waals surface area contributed by atoms with Crippen molar-refractivity contribution in [1.29, 1.82) is 0 Å². The molecule has 1 heterocycles. The number of amides is 1. The van der Waals surface area contributed by atoms with Gasteiger partial charge in [-0.2, -0.15) is 0 Å². The molecular weight excluding hydrogens is 430 g/mol. The number of hydrogen-bond donors (Lipinski definition) is 1. The molecule has 0 spiro atoms. The molecule has 31 heavy (non-hydrogen) atoms. The maximum Gasteiger partial charge on any atom is 0.252 e. The first-order chi connectivity index (χ1) is 15.2. The lowest BCUT2D eigenvalue weighted by Crippen LogP contribution is -2.22. The van der Waals surface area contributed by atoms with Gasteiger partial charge >= 0.3 is 0 Å². The fraction of sp³-hybridized carbons (Fsp3) is 0.0417. The number of aromatic nitrogens is 2. The van der Waals surface area contributed by atoms with E-state index >= 15 is 0 Å². The number of nitrogens with zero attached hydrogens (tertiary/aromatic N) is 2. The van der Waals surface area contributed by atoms with Gasteiger partial charge < -0.3 is 10.1 Å². The Balaban J connectivity index is 1.41. The highest BCUT2D eigenvalue weighted by molar-refractivity contribution is 7.99. The maximum atomic E-state index is 12.4. The number of nitrogens with one attached hydrogen (secondary N) is 1. The molecule has 3 aromatic carbocycles. The predicted molar refractivity (Wildman–Crippen MR) is 122 cm³/mol. The summed E-state index contributed by atoms with van der Waals surface area (Å²) < 4.78 is 5.92. The van der Waals surface area contributed by atoms with Crippen molar-refractivity contribution in [3.8, 4) is 11.6 Å². The molecule has 1 amide bonds. The van der Waals surface area contributed by atoms with E-state index in [2.05, 4.69) is 15.3 Å². The van der Waals surface area contributed by atoms with Gasteiger partial charge in [-0.15, -0.1) is 0 Å². The molecule has 1 N–H and O–H groups in total. The van der Waals surface area contributed by atoms with Crippen LogP contribution in [-0.2, 0) is 6.54 Å². The topological polar surface area (TPSA) is 64.1 Å². The molecule has 154 valence electrons. The van der Waals surface area contributed by atoms with Crippen LogP contribution in [0.5, 0.6) is 11.6 Å². The second-order valence-corrected chi connectivity index (χ2v) is 7.95. The Bertz CT molecular complexity index is 1170. The lowest BCUT2D eigenvalue weighted by Gasteiger charge is -2.10. The highest BCUT2D eigenvalue weighted by atomic mass is 35.5. The summed E-state index contributed by atoms with van der Waals surface area (Å²) in [5.74, 6) is 0.789. The molecule has 0 aliphatic rings. The van der Waals surface area contributed by atoms with Gasteiger partial charge in [0.2, 0.25) is 0 Å². The van der Waals surface area contributed by atoms with Crippen LogP contribution in [0.15, 0.2) is 101 Å². The summed E-state index contributed by atoms with van der Waals surface area (Å²) in [5.41, 5.74) is 1.39. The van der Waals surface area contributed by atoms with Crippen LogP contribution in [0.4, 0.5) is 0 Å². The van der Waals surface area contributed by atoms with E-state index in [0.29, 0.717) is 33.8 Å². The van der Waals surface area contributed by atoms with Crippen LogP contribution in [0.3, 0.4) is 0 Å². The van der Waals surface area contributed by atoms with Crippen LogP contribution < -0.4 is 10.1 Å². The summed E-state index contributed by atoms with van der Waals surface area (Å²) in [7, 11) is 0. The highest BCUT2D eigenvalue weighted by Gasteiger charge is 2.11. The number of rotatable bonds is 7. The van der Waals surface area contributed by atoms with Crippen LogP contribution in [0.25, 0.3) is 0 Å². The fourth-order valence-corrected chi connectivity index (χ4v) is 3.77. The third-order valence-corrected chi connectivity index (χ3v) is 5.67. The van der Waals surface area contributed by atoms with E-state index < -0.39 is 0 Å². The summed E-state index contributed by atoms with van der Waals surface area (Å²) in [6, 6.07) is 24.2. The van der Waals surface area contributed by atoms with Gasteiger partial charge in [-0.3, -0.25) is 4.79 Å². The van der Waals surface area contributed by atoms with Crippen LogP contribution in [0.2, 0.25) is 5.02 Å². The quantitative estimate of drug-likeness (QED) is 0.376. The predicted octanol–water partition coefficient (Wildman–Crippen LogP) is 6.00. The first-order valence-electron chi connectivity index (χ1n) is 9.52. The van der Waals surface area contributed by atoms with Crippen LogP contribution in [-0.4, -0.2) is 15.9 Å². The van der Waals surface area contributed by atoms with Crippen LogP contribution >= 0.6 is 23.4 Å². The molecule has 0 unspecified atom stereocenters. The Kier molecular flexibility index (Phi) is 6.82. The molecule has 4 aromatic rings. The van der Waals surface area contributed by atoms with E-state index in [1.807, 2.05) is 48.5 Å². The molecule has 5 nitrogen and oxygen atoms in total. The Morgan fingerprint density at radius 2 is 1.61 bits per heavy atom. The molecular formula is C24H18ClN3O2S. The summed E-state index contributed by atoms with van der Waals surface area (Å²) in [4.78, 5) is 22.2. The second kappa shape index (κ2) is 10.1. The first-order valence-corrected chi connectivity index (χ1v) is 10.7. The van der Waals surface area contributed by atoms with Crippen molar-refractivity contribution < 1.29 is 9.53 Å². The number of halogens is 1. The third-order valence-electron chi connectivity index (χ3n) is 4.32. The minimum atomic E-state index is -0.189. The van der Waals surface area contributed by atoms with E-state index in [-0.39, 0.29) is 5.91 Å². The molecule has 0 bridgehead atoms. The lowest BCUT2D eigenvalue weighted by molar-refractivity contribution is 0.0951. The summed E-state index contributed by atoms with van der Waals surface area (Å²) in [5, 5.41) is 4.16. The number of hydrogen-bond acceptors (Lipinski definition) is 5. The van der Waals surface area contributed by atoms with Gasteiger partial charge in [0.25, 0.3) is 11.8 Å². The number of carbonyl (C=O) groups excluding carboxylic acids is 1. The van der Waals surface area contributed by atoms with Gasteiger partial charge in [0.1, 0.15) is 5.75 Å². The standard InChI is InChI=1S/C24H18ClN3O2S/c25-21-9-5-4-6-18(21)16-28-22(29)17-10-12-19(13-11-17)30-23-24(27-15-14-26-23)31-20-7-2-1-3-8-20/h1-15H,16H2,(H,28,29). The average molecular weight is 448 g/mol. The summed E-state index contributed by atoms with van der Waals surface area (Å²) in [6.45, 7) is 0.358. The molecule has 4 rings (SSSR count). The van der Waals surface area contributed by atoms with Gasteiger partial charge in [0, 0.05) is 34.4 Å². The average Bonchev–Trinajstić information content (AvgIpc) is 2.81. The van der Waals surface area contributed by atoms with Crippen molar-refractivity contribution >= 4 is 29.3 Å².